The van der Waals surface area contributed by atoms with Crippen molar-refractivity contribution in [1.82, 2.24) is 15.0 Å². The minimum Gasteiger partial charge on any atom is -0.368 e. The van der Waals surface area contributed by atoms with Gasteiger partial charge >= 0.3 is 0 Å². The highest BCUT2D eigenvalue weighted by atomic mass is 32.2. The summed E-state index contributed by atoms with van der Waals surface area (Å²) in [5.74, 6) is 0.216. The predicted molar refractivity (Wildman–Crippen MR) is 63.8 cm³/mol. The van der Waals surface area contributed by atoms with E-state index in [4.69, 9.17) is 10.3 Å². The van der Waals surface area contributed by atoms with E-state index in [0.717, 1.165) is 0 Å². The number of aromatic nitrogens is 3. The Morgan fingerprint density at radius 1 is 1.28 bits per heavy atom. The van der Waals surface area contributed by atoms with Gasteiger partial charge in [-0.05, 0) is 18.2 Å². The molecule has 0 unspecified atom stereocenters. The van der Waals surface area contributed by atoms with Crippen molar-refractivity contribution >= 4 is 27.7 Å². The fourth-order valence-electron chi connectivity index (χ4n) is 1.23. The second-order valence-corrected chi connectivity index (χ2v) is 4.72. The van der Waals surface area contributed by atoms with Crippen LogP contribution in [0.4, 0.5) is 17.6 Å². The van der Waals surface area contributed by atoms with E-state index in [0.29, 0.717) is 5.69 Å². The molecule has 8 nitrogen and oxygen atoms in total. The Morgan fingerprint density at radius 3 is 2.72 bits per heavy atom. The third kappa shape index (κ3) is 2.90. The van der Waals surface area contributed by atoms with Crippen LogP contribution in [0.2, 0.25) is 0 Å². The lowest BCUT2D eigenvalue weighted by Crippen LogP contribution is -2.03. The topological polar surface area (TPSA) is 131 Å². The first kappa shape index (κ1) is 12.2. The van der Waals surface area contributed by atoms with Crippen LogP contribution >= 0.6 is 0 Å². The summed E-state index contributed by atoms with van der Waals surface area (Å²) in [4.78, 5) is 11.0. The minimum atomic E-state index is -4.24. The Kier molecular flexibility index (Phi) is 3.08. The number of nitrogens with zero attached hydrogens (tertiary/aromatic N) is 3. The lowest BCUT2D eigenvalue weighted by Gasteiger charge is -2.05. The van der Waals surface area contributed by atoms with Crippen LogP contribution in [0.3, 0.4) is 0 Å². The number of anilines is 3. The van der Waals surface area contributed by atoms with Crippen molar-refractivity contribution in [2.24, 2.45) is 0 Å². The van der Waals surface area contributed by atoms with Gasteiger partial charge in [-0.15, -0.1) is 0 Å². The van der Waals surface area contributed by atoms with Gasteiger partial charge in [-0.1, -0.05) is 6.07 Å². The van der Waals surface area contributed by atoms with E-state index in [9.17, 15) is 8.42 Å². The summed E-state index contributed by atoms with van der Waals surface area (Å²) in [6.45, 7) is 0. The maximum Gasteiger partial charge on any atom is 0.294 e. The van der Waals surface area contributed by atoms with Crippen LogP contribution in [0, 0.1) is 0 Å². The lowest BCUT2D eigenvalue weighted by atomic mass is 10.3. The number of benzene rings is 1. The van der Waals surface area contributed by atoms with Crippen molar-refractivity contribution in [2.45, 2.75) is 4.90 Å². The molecular weight excluding hydrogens is 258 g/mol. The Bertz CT molecular complexity index is 673. The van der Waals surface area contributed by atoms with Gasteiger partial charge in [-0.2, -0.15) is 13.4 Å². The number of hydrogen-bond acceptors (Lipinski definition) is 7. The molecule has 0 saturated carbocycles. The molecule has 0 spiro atoms. The van der Waals surface area contributed by atoms with Gasteiger partial charge in [0, 0.05) is 5.69 Å². The smallest absolute Gasteiger partial charge is 0.294 e. The molecule has 0 bridgehead atoms. The monoisotopic (exact) mass is 267 g/mol. The van der Waals surface area contributed by atoms with Gasteiger partial charge < -0.3 is 11.1 Å². The highest BCUT2D eigenvalue weighted by Gasteiger charge is 2.09. The lowest BCUT2D eigenvalue weighted by molar-refractivity contribution is 0.483. The molecule has 2 aromatic rings. The fourth-order valence-corrected chi connectivity index (χ4v) is 1.76. The highest BCUT2D eigenvalue weighted by Crippen LogP contribution is 2.17. The first-order chi connectivity index (χ1) is 8.45. The molecule has 2 rings (SSSR count). The average Bonchev–Trinajstić information content (AvgIpc) is 2.28. The van der Waals surface area contributed by atoms with Gasteiger partial charge in [-0.25, -0.2) is 9.97 Å². The summed E-state index contributed by atoms with van der Waals surface area (Å²) >= 11 is 0. The van der Waals surface area contributed by atoms with E-state index < -0.39 is 10.1 Å². The van der Waals surface area contributed by atoms with E-state index in [1.807, 2.05) is 0 Å². The summed E-state index contributed by atoms with van der Waals surface area (Å²) in [5.41, 5.74) is 5.77. The van der Waals surface area contributed by atoms with Crippen molar-refractivity contribution < 1.29 is 13.0 Å². The van der Waals surface area contributed by atoms with Crippen molar-refractivity contribution in [3.8, 4) is 0 Å². The fraction of sp³-hybridized carbons (Fsp3) is 0. The molecule has 1 aromatic carbocycles. The van der Waals surface area contributed by atoms with Crippen molar-refractivity contribution in [1.29, 1.82) is 0 Å². The Labute approximate surface area is 103 Å². The third-order valence-electron chi connectivity index (χ3n) is 1.98. The number of hydrogen-bond donors (Lipinski definition) is 3. The number of rotatable bonds is 3. The van der Waals surface area contributed by atoms with E-state index in [1.165, 1.54) is 24.5 Å². The van der Waals surface area contributed by atoms with E-state index in [1.54, 1.807) is 6.07 Å². The van der Waals surface area contributed by atoms with Gasteiger partial charge in [-0.3, -0.25) is 4.55 Å². The Balaban J connectivity index is 2.30. The third-order valence-corrected chi connectivity index (χ3v) is 2.83. The normalized spacial score (nSPS) is 11.2. The molecule has 0 saturated heterocycles. The van der Waals surface area contributed by atoms with E-state index >= 15 is 0 Å². The van der Waals surface area contributed by atoms with E-state index in [-0.39, 0.29) is 16.8 Å². The maximum absolute atomic E-state index is 11.0. The molecule has 4 N–H and O–H groups in total. The number of nitrogens with two attached hydrogens (primary N) is 1. The summed E-state index contributed by atoms with van der Waals surface area (Å²) in [6.07, 6.45) is 1.22. The van der Waals surface area contributed by atoms with Crippen LogP contribution in [-0.2, 0) is 10.1 Å². The maximum atomic E-state index is 11.0. The molecule has 1 aromatic heterocycles. The van der Waals surface area contributed by atoms with Gasteiger partial charge in [0.1, 0.15) is 6.33 Å². The first-order valence-electron chi connectivity index (χ1n) is 4.74. The number of nitrogens with one attached hydrogen (secondary N) is 1. The molecule has 18 heavy (non-hydrogen) atoms. The summed E-state index contributed by atoms with van der Waals surface area (Å²) < 4.78 is 30.8. The quantitative estimate of drug-likeness (QED) is 0.683. The molecule has 0 radical (unpaired) electrons. The van der Waals surface area contributed by atoms with Crippen LogP contribution < -0.4 is 11.1 Å². The molecule has 1 heterocycles. The van der Waals surface area contributed by atoms with Crippen molar-refractivity contribution in [2.75, 3.05) is 11.1 Å². The first-order valence-corrected chi connectivity index (χ1v) is 6.18. The Hall–Kier alpha value is -2.26. The van der Waals surface area contributed by atoms with E-state index in [2.05, 4.69) is 20.3 Å². The molecular formula is C9H9N5O3S. The van der Waals surface area contributed by atoms with Crippen LogP contribution in [-0.4, -0.2) is 27.9 Å². The molecule has 0 atom stereocenters. The second kappa shape index (κ2) is 4.55. The highest BCUT2D eigenvalue weighted by molar-refractivity contribution is 7.85. The van der Waals surface area contributed by atoms with Gasteiger partial charge in [0.15, 0.2) is 0 Å². The zero-order valence-electron chi connectivity index (χ0n) is 8.98. The molecule has 0 amide bonds. The minimum absolute atomic E-state index is 0.0402. The molecule has 0 fully saturated rings. The SMILES string of the molecule is Nc1ncnc(Nc2cccc(S(=O)(=O)O)c2)n1. The van der Waals surface area contributed by atoms with Crippen LogP contribution in [0.25, 0.3) is 0 Å². The molecule has 9 heteroatoms. The summed E-state index contributed by atoms with van der Waals surface area (Å²) in [6, 6.07) is 5.57. The van der Waals surface area contributed by atoms with Crippen LogP contribution in [0.15, 0.2) is 35.5 Å². The second-order valence-electron chi connectivity index (χ2n) is 3.30. The Morgan fingerprint density at radius 2 is 2.06 bits per heavy atom. The average molecular weight is 267 g/mol. The summed E-state index contributed by atoms with van der Waals surface area (Å²) in [5, 5.41) is 2.74. The van der Waals surface area contributed by atoms with Crippen molar-refractivity contribution in [3.63, 3.8) is 0 Å². The number of nitrogen functional groups attached to an aromatic ring is 1. The predicted octanol–water partition coefficient (Wildman–Crippen LogP) is 0.444. The largest absolute Gasteiger partial charge is 0.368 e. The van der Waals surface area contributed by atoms with Crippen LogP contribution in [0.1, 0.15) is 0 Å². The zero-order valence-corrected chi connectivity index (χ0v) is 9.79. The standard InChI is InChI=1S/C9H9N5O3S/c10-8-11-5-12-9(14-8)13-6-2-1-3-7(4-6)18(15,16)17/h1-5H,(H,15,16,17)(H3,10,11,12,13,14). The molecule has 0 aliphatic carbocycles. The zero-order chi connectivity index (χ0) is 13.2. The summed E-state index contributed by atoms with van der Waals surface area (Å²) in [7, 11) is -4.24. The molecule has 0 aliphatic rings. The van der Waals surface area contributed by atoms with Gasteiger partial charge in [0.25, 0.3) is 10.1 Å². The molecule has 94 valence electrons. The van der Waals surface area contributed by atoms with Gasteiger partial charge in [0.2, 0.25) is 11.9 Å². The van der Waals surface area contributed by atoms with Crippen molar-refractivity contribution in [3.05, 3.63) is 30.6 Å². The van der Waals surface area contributed by atoms with Gasteiger partial charge in [0.05, 0.1) is 4.90 Å². The van der Waals surface area contributed by atoms with Crippen LogP contribution in [0.5, 0.6) is 0 Å². The molecule has 0 aliphatic heterocycles.